The number of hydrogen-bond acceptors (Lipinski definition) is 4. The van der Waals surface area contributed by atoms with Crippen molar-refractivity contribution in [1.82, 2.24) is 10.2 Å². The second-order valence-electron chi connectivity index (χ2n) is 7.49. The number of ether oxygens (including phenoxy) is 1. The third kappa shape index (κ3) is 5.47. The highest BCUT2D eigenvalue weighted by Gasteiger charge is 2.32. The first kappa shape index (κ1) is 20.2. The fraction of sp³-hybridized carbons (Fsp3) is 0.524. The average Bonchev–Trinajstić information content (AvgIpc) is 2.73. The summed E-state index contributed by atoms with van der Waals surface area (Å²) < 4.78 is 5.70. The Labute approximate surface area is 163 Å². The quantitative estimate of drug-likeness (QED) is 0.576. The van der Waals surface area contributed by atoms with Gasteiger partial charge in [-0.2, -0.15) is 0 Å². The number of morpholine rings is 1. The van der Waals surface area contributed by atoms with Gasteiger partial charge in [0, 0.05) is 31.6 Å². The van der Waals surface area contributed by atoms with Crippen molar-refractivity contribution < 1.29 is 14.3 Å². The largest absolute Gasteiger partial charge is 0.366 e. The van der Waals surface area contributed by atoms with E-state index in [9.17, 15) is 9.59 Å². The molecule has 0 aliphatic carbocycles. The SMILES string of the molecule is CCC1(C=O)CPC=C(CNC(=O)C2CN(Cc3ccccc3)CCO2)C1. The van der Waals surface area contributed by atoms with Crippen molar-refractivity contribution in [3.8, 4) is 0 Å². The number of nitrogens with one attached hydrogen (secondary N) is 1. The summed E-state index contributed by atoms with van der Waals surface area (Å²) >= 11 is 0. The number of benzene rings is 1. The van der Waals surface area contributed by atoms with Gasteiger partial charge in [-0.3, -0.25) is 9.69 Å². The lowest BCUT2D eigenvalue weighted by atomic mass is 9.82. The van der Waals surface area contributed by atoms with Crippen LogP contribution in [-0.2, 0) is 20.9 Å². The van der Waals surface area contributed by atoms with E-state index < -0.39 is 6.10 Å². The van der Waals surface area contributed by atoms with E-state index in [0.717, 1.165) is 38.4 Å². The molecule has 0 spiro atoms. The fourth-order valence-electron chi connectivity index (χ4n) is 3.66. The van der Waals surface area contributed by atoms with Gasteiger partial charge in [0.2, 0.25) is 0 Å². The van der Waals surface area contributed by atoms with Gasteiger partial charge in [-0.25, -0.2) is 0 Å². The third-order valence-corrected chi connectivity index (χ3v) is 7.00. The summed E-state index contributed by atoms with van der Waals surface area (Å²) in [6.07, 6.45) is 3.22. The zero-order chi connectivity index (χ0) is 19.1. The van der Waals surface area contributed by atoms with Gasteiger partial charge >= 0.3 is 0 Å². The highest BCUT2D eigenvalue weighted by Crippen LogP contribution is 2.40. The first-order valence-electron chi connectivity index (χ1n) is 9.67. The van der Waals surface area contributed by atoms with E-state index in [0.29, 0.717) is 28.3 Å². The molecule has 0 bridgehead atoms. The topological polar surface area (TPSA) is 58.6 Å². The van der Waals surface area contributed by atoms with Crippen LogP contribution in [0.5, 0.6) is 0 Å². The zero-order valence-corrected chi connectivity index (χ0v) is 16.9. The van der Waals surface area contributed by atoms with Gasteiger partial charge in [-0.1, -0.05) is 51.7 Å². The molecule has 3 atom stereocenters. The Hall–Kier alpha value is -1.55. The van der Waals surface area contributed by atoms with Crippen LogP contribution in [0.2, 0.25) is 0 Å². The van der Waals surface area contributed by atoms with Crippen molar-refractivity contribution in [2.75, 3.05) is 32.4 Å². The molecular formula is C21H29N2O3P. The first-order valence-corrected chi connectivity index (χ1v) is 11.0. The number of carbonyl (C=O) groups excluding carboxylic acids is 2. The van der Waals surface area contributed by atoms with Crippen molar-refractivity contribution >= 4 is 20.8 Å². The molecule has 1 saturated heterocycles. The van der Waals surface area contributed by atoms with Crippen LogP contribution in [0.25, 0.3) is 0 Å². The van der Waals surface area contributed by atoms with Crippen molar-refractivity contribution in [2.45, 2.75) is 32.4 Å². The summed E-state index contributed by atoms with van der Waals surface area (Å²) in [5, 5.41) is 3.02. The van der Waals surface area contributed by atoms with Crippen molar-refractivity contribution in [2.24, 2.45) is 5.41 Å². The van der Waals surface area contributed by atoms with E-state index >= 15 is 0 Å². The number of hydrogen-bond donors (Lipinski definition) is 1. The molecule has 2 aliphatic heterocycles. The Balaban J connectivity index is 1.49. The molecule has 3 rings (SSSR count). The molecule has 1 N–H and O–H groups in total. The van der Waals surface area contributed by atoms with Crippen LogP contribution >= 0.6 is 8.58 Å². The molecule has 0 saturated carbocycles. The molecule has 1 amide bonds. The van der Waals surface area contributed by atoms with E-state index in [1.807, 2.05) is 18.2 Å². The minimum absolute atomic E-state index is 0.0595. The second kappa shape index (κ2) is 9.59. The lowest BCUT2D eigenvalue weighted by Gasteiger charge is -2.33. The molecule has 0 radical (unpaired) electrons. The van der Waals surface area contributed by atoms with Crippen LogP contribution in [0.15, 0.2) is 41.7 Å². The minimum Gasteiger partial charge on any atom is -0.366 e. The maximum absolute atomic E-state index is 12.6. The van der Waals surface area contributed by atoms with Gasteiger partial charge in [0.25, 0.3) is 5.91 Å². The first-order chi connectivity index (χ1) is 13.1. The van der Waals surface area contributed by atoms with E-state index in [2.05, 4.69) is 35.1 Å². The van der Waals surface area contributed by atoms with Crippen LogP contribution in [0.4, 0.5) is 0 Å². The molecule has 1 fully saturated rings. The van der Waals surface area contributed by atoms with Crippen molar-refractivity contribution in [1.29, 1.82) is 0 Å². The average molecular weight is 388 g/mol. The molecular weight excluding hydrogens is 359 g/mol. The van der Waals surface area contributed by atoms with E-state index in [1.54, 1.807) is 0 Å². The molecule has 6 heteroatoms. The smallest absolute Gasteiger partial charge is 0.250 e. The van der Waals surface area contributed by atoms with Crippen LogP contribution in [0.1, 0.15) is 25.3 Å². The maximum Gasteiger partial charge on any atom is 0.250 e. The van der Waals surface area contributed by atoms with Gasteiger partial charge in [0.15, 0.2) is 0 Å². The van der Waals surface area contributed by atoms with Crippen LogP contribution in [-0.4, -0.2) is 55.6 Å². The normalized spacial score (nSPS) is 27.1. The fourth-order valence-corrected chi connectivity index (χ4v) is 5.12. The predicted octanol–water partition coefficient (Wildman–Crippen LogP) is 2.57. The van der Waals surface area contributed by atoms with Crippen LogP contribution in [0, 0.1) is 5.41 Å². The molecule has 5 nitrogen and oxygen atoms in total. The Morgan fingerprint density at radius 2 is 2.22 bits per heavy atom. The summed E-state index contributed by atoms with van der Waals surface area (Å²) in [7, 11) is 0.652. The van der Waals surface area contributed by atoms with E-state index in [-0.39, 0.29) is 11.3 Å². The van der Waals surface area contributed by atoms with E-state index in [1.165, 1.54) is 11.1 Å². The number of aldehydes is 1. The molecule has 27 heavy (non-hydrogen) atoms. The number of nitrogens with zero attached hydrogens (tertiary/aromatic N) is 1. The highest BCUT2D eigenvalue weighted by atomic mass is 31.1. The monoisotopic (exact) mass is 388 g/mol. The summed E-state index contributed by atoms with van der Waals surface area (Å²) in [6.45, 7) is 5.42. The van der Waals surface area contributed by atoms with Crippen LogP contribution in [0.3, 0.4) is 0 Å². The molecule has 3 unspecified atom stereocenters. The lowest BCUT2D eigenvalue weighted by molar-refractivity contribution is -0.138. The summed E-state index contributed by atoms with van der Waals surface area (Å²) in [4.78, 5) is 26.3. The zero-order valence-electron chi connectivity index (χ0n) is 15.9. The third-order valence-electron chi connectivity index (χ3n) is 5.48. The maximum atomic E-state index is 12.6. The molecule has 146 valence electrons. The summed E-state index contributed by atoms with van der Waals surface area (Å²) in [5.74, 6) is 2.14. The molecule has 0 aromatic heterocycles. The highest BCUT2D eigenvalue weighted by molar-refractivity contribution is 7.41. The second-order valence-corrected chi connectivity index (χ2v) is 8.54. The van der Waals surface area contributed by atoms with Gasteiger partial charge < -0.3 is 14.8 Å². The Morgan fingerprint density at radius 1 is 1.41 bits per heavy atom. The molecule has 2 aliphatic rings. The number of rotatable bonds is 7. The molecule has 1 aromatic rings. The van der Waals surface area contributed by atoms with Gasteiger partial charge in [-0.15, -0.1) is 0 Å². The van der Waals surface area contributed by atoms with E-state index in [4.69, 9.17) is 4.74 Å². The van der Waals surface area contributed by atoms with Gasteiger partial charge in [-0.05, 0) is 30.1 Å². The van der Waals surface area contributed by atoms with Crippen molar-refractivity contribution in [3.63, 3.8) is 0 Å². The lowest BCUT2D eigenvalue weighted by Crippen LogP contribution is -2.49. The standard InChI is InChI=1S/C21H29N2O3P/c1-2-21(15-24)10-18(14-27-16-21)11-22-20(25)19-13-23(8-9-26-19)12-17-6-4-3-5-7-17/h3-7,14-15,19,27H,2,8-13,16H2,1H3,(H,22,25). The molecule has 2 heterocycles. The number of amides is 1. The predicted molar refractivity (Wildman–Crippen MR) is 109 cm³/mol. The Kier molecular flexibility index (Phi) is 7.17. The molecule has 1 aromatic carbocycles. The van der Waals surface area contributed by atoms with Gasteiger partial charge in [0.1, 0.15) is 12.4 Å². The minimum atomic E-state index is -0.434. The van der Waals surface area contributed by atoms with Gasteiger partial charge in [0.05, 0.1) is 6.61 Å². The number of carbonyl (C=O) groups is 2. The Bertz CT molecular complexity index is 679. The Morgan fingerprint density at radius 3 is 2.96 bits per heavy atom. The summed E-state index contributed by atoms with van der Waals surface area (Å²) in [6, 6.07) is 10.3. The van der Waals surface area contributed by atoms with Crippen molar-refractivity contribution in [3.05, 3.63) is 47.3 Å². The summed E-state index contributed by atoms with van der Waals surface area (Å²) in [5.41, 5.74) is 2.18. The van der Waals surface area contributed by atoms with Crippen LogP contribution < -0.4 is 5.32 Å².